The van der Waals surface area contributed by atoms with E-state index in [1.807, 2.05) is 45.9 Å². The lowest BCUT2D eigenvalue weighted by Crippen LogP contribution is -2.59. The molecular formula is C30H40BrNO8. The number of cyclic esters (lactones) is 1. The second-order valence-electron chi connectivity index (χ2n) is 11.7. The normalized spacial score (nSPS) is 42.5. The Hall–Kier alpha value is -1.98. The zero-order valence-corrected chi connectivity index (χ0v) is 25.2. The van der Waals surface area contributed by atoms with Crippen LogP contribution in [0, 0.1) is 35.5 Å². The SMILES string of the molecule is CC[C@@H](O)[C@H]1OC(=O)[C@H](CC)[C@H]2C=C[C@H]3[C@H]4O[C@]2(/C(C)=C/[C@H]1C)[C@@H]3[C@H](O)[C@@H](COC)[C@H]4OC(=O)c1cc(Br)c[nH]1. The number of hydrogen-bond acceptors (Lipinski definition) is 8. The Bertz CT molecular complexity index is 1180. The average molecular weight is 623 g/mol. The fraction of sp³-hybridized carbons (Fsp3) is 0.667. The summed E-state index contributed by atoms with van der Waals surface area (Å²) in [7, 11) is 1.56. The van der Waals surface area contributed by atoms with Crippen molar-refractivity contribution in [2.24, 2.45) is 35.5 Å². The predicted molar refractivity (Wildman–Crippen MR) is 149 cm³/mol. The Kier molecular flexibility index (Phi) is 8.38. The van der Waals surface area contributed by atoms with Crippen LogP contribution >= 0.6 is 15.9 Å². The lowest BCUT2D eigenvalue weighted by Gasteiger charge is -2.49. The molecule has 2 fully saturated rings. The number of aliphatic hydroxyl groups is 2. The number of carbonyl (C=O) groups is 2. The zero-order valence-electron chi connectivity index (χ0n) is 23.6. The minimum absolute atomic E-state index is 0.171. The molecule has 0 radical (unpaired) electrons. The number of hydrogen-bond donors (Lipinski definition) is 3. The Morgan fingerprint density at radius 1 is 1.30 bits per heavy atom. The molecule has 1 aromatic heterocycles. The van der Waals surface area contributed by atoms with Gasteiger partial charge >= 0.3 is 11.9 Å². The van der Waals surface area contributed by atoms with Gasteiger partial charge in [0.1, 0.15) is 29.6 Å². The van der Waals surface area contributed by atoms with Crippen LogP contribution < -0.4 is 0 Å². The van der Waals surface area contributed by atoms with Crippen LogP contribution in [-0.2, 0) is 23.7 Å². The predicted octanol–water partition coefficient (Wildman–Crippen LogP) is 3.80. The van der Waals surface area contributed by atoms with Crippen molar-refractivity contribution in [3.05, 3.63) is 46.2 Å². The summed E-state index contributed by atoms with van der Waals surface area (Å²) >= 11 is 3.35. The molecule has 40 heavy (non-hydrogen) atoms. The van der Waals surface area contributed by atoms with Gasteiger partial charge in [0.05, 0.1) is 24.7 Å². The van der Waals surface area contributed by atoms with E-state index < -0.39 is 59.8 Å². The number of ether oxygens (including phenoxy) is 4. The molecule has 1 saturated heterocycles. The molecular weight excluding hydrogens is 582 g/mol. The number of aromatic amines is 1. The van der Waals surface area contributed by atoms with Crippen LogP contribution in [0.5, 0.6) is 0 Å². The number of H-pyrrole nitrogens is 1. The van der Waals surface area contributed by atoms with Gasteiger partial charge in [0.2, 0.25) is 0 Å². The highest BCUT2D eigenvalue weighted by atomic mass is 79.9. The largest absolute Gasteiger partial charge is 0.459 e. The number of methoxy groups -OCH3 is 1. The van der Waals surface area contributed by atoms with Gasteiger partial charge in [0, 0.05) is 47.4 Å². The number of rotatable bonds is 7. The zero-order chi connectivity index (χ0) is 28.9. The fourth-order valence-corrected chi connectivity index (χ4v) is 8.05. The van der Waals surface area contributed by atoms with Gasteiger partial charge in [-0.1, -0.05) is 39.0 Å². The first-order chi connectivity index (χ1) is 19.1. The number of halogens is 1. The van der Waals surface area contributed by atoms with Crippen LogP contribution in [0.25, 0.3) is 0 Å². The molecule has 3 heterocycles. The van der Waals surface area contributed by atoms with Crippen molar-refractivity contribution in [2.45, 2.75) is 76.7 Å². The van der Waals surface area contributed by atoms with E-state index in [0.717, 1.165) is 10.0 Å². The third-order valence-electron chi connectivity index (χ3n) is 9.55. The molecule has 0 amide bonds. The molecule has 0 unspecified atom stereocenters. The fourth-order valence-electron chi connectivity index (χ4n) is 7.71. The topological polar surface area (TPSA) is 127 Å². The van der Waals surface area contributed by atoms with Crippen molar-refractivity contribution in [2.75, 3.05) is 13.7 Å². The molecule has 1 aromatic rings. The second kappa shape index (κ2) is 11.4. The molecule has 0 aromatic carbocycles. The summed E-state index contributed by atoms with van der Waals surface area (Å²) in [6, 6.07) is 1.64. The molecule has 5 rings (SSSR count). The van der Waals surface area contributed by atoms with Gasteiger partial charge in [-0.3, -0.25) is 4.79 Å². The van der Waals surface area contributed by atoms with Gasteiger partial charge in [-0.2, -0.15) is 0 Å². The van der Waals surface area contributed by atoms with E-state index in [0.29, 0.717) is 12.8 Å². The monoisotopic (exact) mass is 621 g/mol. The molecule has 3 N–H and O–H groups in total. The molecule has 4 aliphatic rings. The van der Waals surface area contributed by atoms with Crippen molar-refractivity contribution in [1.29, 1.82) is 0 Å². The van der Waals surface area contributed by atoms with Gasteiger partial charge in [-0.05, 0) is 47.3 Å². The van der Waals surface area contributed by atoms with Crippen molar-refractivity contribution in [1.82, 2.24) is 4.98 Å². The quantitative estimate of drug-likeness (QED) is 0.310. The average Bonchev–Trinajstić information content (AvgIpc) is 3.44. The lowest BCUT2D eigenvalue weighted by atomic mass is 9.56. The van der Waals surface area contributed by atoms with Gasteiger partial charge in [0.25, 0.3) is 0 Å². The first kappa shape index (κ1) is 29.5. The van der Waals surface area contributed by atoms with Gasteiger partial charge < -0.3 is 34.1 Å². The Balaban J connectivity index is 1.61. The minimum Gasteiger partial charge on any atom is -0.459 e. The van der Waals surface area contributed by atoms with Crippen molar-refractivity contribution in [3.63, 3.8) is 0 Å². The van der Waals surface area contributed by atoms with Crippen molar-refractivity contribution >= 4 is 27.9 Å². The van der Waals surface area contributed by atoms with Crippen molar-refractivity contribution < 1.29 is 38.7 Å². The molecule has 10 heteroatoms. The van der Waals surface area contributed by atoms with Gasteiger partial charge in [-0.25, -0.2) is 4.79 Å². The second-order valence-corrected chi connectivity index (χ2v) is 12.6. The first-order valence-corrected chi connectivity index (χ1v) is 15.0. The third kappa shape index (κ3) is 4.60. The Morgan fingerprint density at radius 3 is 2.67 bits per heavy atom. The van der Waals surface area contributed by atoms with Gasteiger partial charge in [0.15, 0.2) is 0 Å². The molecule has 2 aliphatic heterocycles. The molecule has 4 bridgehead atoms. The Labute approximate surface area is 243 Å². The molecule has 9 nitrogen and oxygen atoms in total. The summed E-state index contributed by atoms with van der Waals surface area (Å²) < 4.78 is 25.3. The molecule has 12 atom stereocenters. The molecule has 2 aliphatic carbocycles. The van der Waals surface area contributed by atoms with Gasteiger partial charge in [-0.15, -0.1) is 0 Å². The van der Waals surface area contributed by atoms with Crippen LogP contribution in [0.3, 0.4) is 0 Å². The summed E-state index contributed by atoms with van der Waals surface area (Å²) in [5.74, 6) is -3.35. The standard InChI is InChI=1S/C30H40BrNO8/c1-6-17-20-9-8-18-23-24(34)19(13-37-5)26(39-29(36)21-11-16(31)12-32-21)27(18)40-30(20,23)15(4)10-14(3)25(22(33)7-2)38-28(17)35/h8-12,14,17-20,22-27,32-34H,6-7,13H2,1-5H3/b15-10+/t14-,17-,18-,19-,20-,22-,23+,24-,25+,26-,27-,30+/m1/s1. The van der Waals surface area contributed by atoms with E-state index in [9.17, 15) is 19.8 Å². The van der Waals surface area contributed by atoms with E-state index in [1.54, 1.807) is 19.4 Å². The third-order valence-corrected chi connectivity index (χ3v) is 10.0. The minimum atomic E-state index is -1.02. The highest BCUT2D eigenvalue weighted by Gasteiger charge is 2.70. The molecule has 220 valence electrons. The van der Waals surface area contributed by atoms with E-state index in [1.165, 1.54) is 0 Å². The smallest absolute Gasteiger partial charge is 0.355 e. The molecule has 1 saturated carbocycles. The molecule has 1 spiro atoms. The van der Waals surface area contributed by atoms with E-state index >= 15 is 0 Å². The number of nitrogens with one attached hydrogen (secondary N) is 1. The summed E-state index contributed by atoms with van der Waals surface area (Å²) in [5, 5.41) is 22.8. The summed E-state index contributed by atoms with van der Waals surface area (Å²) in [6.07, 6.45) is 4.89. The maximum absolute atomic E-state index is 13.7. The Morgan fingerprint density at radius 2 is 2.05 bits per heavy atom. The van der Waals surface area contributed by atoms with Crippen LogP contribution in [0.15, 0.2) is 40.5 Å². The maximum atomic E-state index is 13.7. The summed E-state index contributed by atoms with van der Waals surface area (Å²) in [5.41, 5.74) is 0.146. The van der Waals surface area contributed by atoms with E-state index in [4.69, 9.17) is 18.9 Å². The van der Waals surface area contributed by atoms with E-state index in [-0.39, 0.29) is 36.0 Å². The van der Waals surface area contributed by atoms with Crippen molar-refractivity contribution in [3.8, 4) is 0 Å². The summed E-state index contributed by atoms with van der Waals surface area (Å²) in [4.78, 5) is 29.8. The van der Waals surface area contributed by atoms with Crippen LogP contribution in [0.4, 0.5) is 0 Å². The summed E-state index contributed by atoms with van der Waals surface area (Å²) in [6.45, 7) is 7.88. The maximum Gasteiger partial charge on any atom is 0.355 e. The highest BCUT2D eigenvalue weighted by Crippen LogP contribution is 2.62. The number of esters is 2. The highest BCUT2D eigenvalue weighted by molar-refractivity contribution is 9.10. The lowest BCUT2D eigenvalue weighted by molar-refractivity contribution is -0.168. The first-order valence-electron chi connectivity index (χ1n) is 14.2. The van der Waals surface area contributed by atoms with Crippen LogP contribution in [0.1, 0.15) is 51.0 Å². The number of aliphatic hydroxyl groups excluding tert-OH is 2. The number of aromatic nitrogens is 1. The van der Waals surface area contributed by atoms with E-state index in [2.05, 4.69) is 20.9 Å². The van der Waals surface area contributed by atoms with Crippen LogP contribution in [0.2, 0.25) is 0 Å². The number of carbonyl (C=O) groups excluding carboxylic acids is 2. The van der Waals surface area contributed by atoms with Crippen LogP contribution in [-0.4, -0.2) is 77.0 Å².